The Morgan fingerprint density at radius 2 is 1.53 bits per heavy atom. The highest BCUT2D eigenvalue weighted by molar-refractivity contribution is 7.80. The van der Waals surface area contributed by atoms with E-state index >= 15 is 0 Å². The van der Waals surface area contributed by atoms with E-state index < -0.39 is 0 Å². The summed E-state index contributed by atoms with van der Waals surface area (Å²) >= 11 is 4.67. The normalized spacial score (nSPS) is 12.6. The Bertz CT molecular complexity index is 201. The van der Waals surface area contributed by atoms with Crippen molar-refractivity contribution in [2.45, 2.75) is 52.9 Å². The second kappa shape index (κ2) is 11.0. The summed E-state index contributed by atoms with van der Waals surface area (Å²) in [7, 11) is 4.31. The summed E-state index contributed by atoms with van der Waals surface area (Å²) in [6, 6.07) is 0. The fraction of sp³-hybridized carbons (Fsp3) is 1.00. The van der Waals surface area contributed by atoms with E-state index in [9.17, 15) is 0 Å². The first kappa shape index (κ1) is 19.3. The van der Waals surface area contributed by atoms with Crippen LogP contribution in [0.5, 0.6) is 0 Å². The first-order chi connectivity index (χ1) is 9.03. The Morgan fingerprint density at radius 1 is 0.947 bits per heavy atom. The second-order valence-electron chi connectivity index (χ2n) is 6.18. The molecule has 0 saturated carbocycles. The van der Waals surface area contributed by atoms with Gasteiger partial charge in [-0.25, -0.2) is 0 Å². The zero-order valence-electron chi connectivity index (χ0n) is 13.9. The van der Waals surface area contributed by atoms with Gasteiger partial charge in [-0.15, -0.1) is 0 Å². The molecule has 0 aliphatic carbocycles. The van der Waals surface area contributed by atoms with Gasteiger partial charge in [-0.3, -0.25) is 0 Å². The lowest BCUT2D eigenvalue weighted by molar-refractivity contribution is 0.147. The lowest BCUT2D eigenvalue weighted by atomic mass is 9.80. The van der Waals surface area contributed by atoms with Gasteiger partial charge in [-0.1, -0.05) is 33.6 Å². The first-order valence-corrected chi connectivity index (χ1v) is 8.64. The van der Waals surface area contributed by atoms with Crippen molar-refractivity contribution in [2.75, 3.05) is 46.0 Å². The van der Waals surface area contributed by atoms with Crippen molar-refractivity contribution in [1.82, 2.24) is 9.80 Å². The summed E-state index contributed by atoms with van der Waals surface area (Å²) in [5.41, 5.74) is 0.431. The third-order valence-corrected chi connectivity index (χ3v) is 4.65. The molecule has 0 spiro atoms. The lowest BCUT2D eigenvalue weighted by Crippen LogP contribution is -2.40. The molecule has 2 nitrogen and oxygen atoms in total. The molecular weight excluding hydrogens is 252 g/mol. The fourth-order valence-corrected chi connectivity index (χ4v) is 3.40. The van der Waals surface area contributed by atoms with E-state index in [4.69, 9.17) is 0 Å². The van der Waals surface area contributed by atoms with Crippen LogP contribution < -0.4 is 0 Å². The van der Waals surface area contributed by atoms with E-state index in [-0.39, 0.29) is 0 Å². The minimum absolute atomic E-state index is 0.431. The average molecular weight is 289 g/mol. The highest BCUT2D eigenvalue weighted by Crippen LogP contribution is 2.32. The number of thiol groups is 1. The van der Waals surface area contributed by atoms with Gasteiger partial charge in [0.2, 0.25) is 0 Å². The molecule has 0 fully saturated rings. The zero-order chi connectivity index (χ0) is 14.7. The van der Waals surface area contributed by atoms with Crippen LogP contribution in [0.3, 0.4) is 0 Å². The molecule has 0 rings (SSSR count). The second-order valence-corrected chi connectivity index (χ2v) is 6.50. The van der Waals surface area contributed by atoms with Crippen molar-refractivity contribution >= 4 is 12.6 Å². The van der Waals surface area contributed by atoms with Crippen molar-refractivity contribution in [3.8, 4) is 0 Å². The summed E-state index contributed by atoms with van der Waals surface area (Å²) in [5, 5.41) is 0. The maximum absolute atomic E-state index is 4.67. The summed E-state index contributed by atoms with van der Waals surface area (Å²) < 4.78 is 0. The van der Waals surface area contributed by atoms with Gasteiger partial charge in [0.05, 0.1) is 0 Å². The Hall–Kier alpha value is 0.270. The van der Waals surface area contributed by atoms with Crippen LogP contribution in [0.2, 0.25) is 0 Å². The van der Waals surface area contributed by atoms with E-state index in [2.05, 4.69) is 57.3 Å². The highest BCUT2D eigenvalue weighted by atomic mass is 32.1. The van der Waals surface area contributed by atoms with Crippen LogP contribution in [0.1, 0.15) is 52.9 Å². The Labute approximate surface area is 127 Å². The van der Waals surface area contributed by atoms with Crippen LogP contribution in [0, 0.1) is 5.41 Å². The average Bonchev–Trinajstić information content (AvgIpc) is 2.37. The predicted molar refractivity (Wildman–Crippen MR) is 91.4 cm³/mol. The summed E-state index contributed by atoms with van der Waals surface area (Å²) in [4.78, 5) is 4.91. The largest absolute Gasteiger partial charge is 0.309 e. The molecule has 0 amide bonds. The molecule has 0 N–H and O–H groups in total. The minimum Gasteiger partial charge on any atom is -0.309 e. The molecule has 0 heterocycles. The molecular formula is C16H36N2S. The zero-order valence-corrected chi connectivity index (χ0v) is 14.8. The maximum atomic E-state index is 4.67. The molecule has 0 aliphatic heterocycles. The molecule has 0 atom stereocenters. The highest BCUT2D eigenvalue weighted by Gasteiger charge is 2.28. The topological polar surface area (TPSA) is 6.48 Å². The third-order valence-electron chi connectivity index (χ3n) is 3.98. The number of nitrogens with zero attached hydrogens (tertiary/aromatic N) is 2. The minimum atomic E-state index is 0.431. The van der Waals surface area contributed by atoms with Crippen LogP contribution in [-0.4, -0.2) is 55.8 Å². The summed E-state index contributed by atoms with van der Waals surface area (Å²) in [6.07, 6.45) is 6.44. The number of hydrogen-bond donors (Lipinski definition) is 1. The fourth-order valence-electron chi connectivity index (χ4n) is 2.99. The van der Waals surface area contributed by atoms with Crippen LogP contribution in [0.25, 0.3) is 0 Å². The first-order valence-electron chi connectivity index (χ1n) is 8.01. The summed E-state index contributed by atoms with van der Waals surface area (Å²) in [5.74, 6) is 1.03. The van der Waals surface area contributed by atoms with Gasteiger partial charge in [0.25, 0.3) is 0 Å². The van der Waals surface area contributed by atoms with E-state index in [1.54, 1.807) is 0 Å². The van der Waals surface area contributed by atoms with Crippen molar-refractivity contribution in [1.29, 1.82) is 0 Å². The van der Waals surface area contributed by atoms with Gasteiger partial charge in [0.15, 0.2) is 0 Å². The van der Waals surface area contributed by atoms with Gasteiger partial charge >= 0.3 is 0 Å². The van der Waals surface area contributed by atoms with Crippen LogP contribution >= 0.6 is 12.6 Å². The maximum Gasteiger partial charge on any atom is 0.00457 e. The smallest absolute Gasteiger partial charge is 0.00457 e. The molecule has 0 unspecified atom stereocenters. The number of hydrogen-bond acceptors (Lipinski definition) is 3. The molecule has 19 heavy (non-hydrogen) atoms. The molecule has 0 aromatic heterocycles. The quantitative estimate of drug-likeness (QED) is 0.546. The lowest BCUT2D eigenvalue weighted by Gasteiger charge is -2.37. The van der Waals surface area contributed by atoms with Crippen LogP contribution in [0.15, 0.2) is 0 Å². The monoisotopic (exact) mass is 288 g/mol. The van der Waals surface area contributed by atoms with Crippen LogP contribution in [0.4, 0.5) is 0 Å². The van der Waals surface area contributed by atoms with Gasteiger partial charge < -0.3 is 9.80 Å². The van der Waals surface area contributed by atoms with E-state index in [0.29, 0.717) is 5.41 Å². The van der Waals surface area contributed by atoms with E-state index in [1.165, 1.54) is 51.7 Å². The Kier molecular flexibility index (Phi) is 11.1. The van der Waals surface area contributed by atoms with Crippen LogP contribution in [-0.2, 0) is 0 Å². The van der Waals surface area contributed by atoms with Gasteiger partial charge in [0, 0.05) is 6.54 Å². The standard InChI is InChI=1S/C16H36N2S/c1-6-10-16(15-19,11-7-2)14-18(8-3)13-9-12-17(4)5/h19H,6-15H2,1-5H3. The molecule has 0 radical (unpaired) electrons. The molecule has 3 heteroatoms. The van der Waals surface area contributed by atoms with Gasteiger partial charge in [-0.2, -0.15) is 12.6 Å². The SMILES string of the molecule is CCCC(CS)(CCC)CN(CC)CCCN(C)C. The Balaban J connectivity index is 4.41. The van der Waals surface area contributed by atoms with E-state index in [1.807, 2.05) is 0 Å². The predicted octanol–water partition coefficient (Wildman–Crippen LogP) is 3.78. The van der Waals surface area contributed by atoms with Crippen molar-refractivity contribution < 1.29 is 0 Å². The molecule has 0 bridgehead atoms. The Morgan fingerprint density at radius 3 is 1.89 bits per heavy atom. The molecule has 116 valence electrons. The molecule has 0 aromatic rings. The molecule has 0 aliphatic rings. The van der Waals surface area contributed by atoms with Crippen molar-refractivity contribution in [3.05, 3.63) is 0 Å². The van der Waals surface area contributed by atoms with Crippen molar-refractivity contribution in [2.24, 2.45) is 5.41 Å². The van der Waals surface area contributed by atoms with E-state index in [0.717, 1.165) is 12.3 Å². The van der Waals surface area contributed by atoms with Gasteiger partial charge in [0.1, 0.15) is 0 Å². The molecule has 0 saturated heterocycles. The number of rotatable bonds is 12. The van der Waals surface area contributed by atoms with Crippen molar-refractivity contribution in [3.63, 3.8) is 0 Å². The van der Waals surface area contributed by atoms with Gasteiger partial charge in [-0.05, 0) is 64.2 Å². The summed E-state index contributed by atoms with van der Waals surface area (Å²) in [6.45, 7) is 11.7. The molecule has 0 aromatic carbocycles. The third kappa shape index (κ3) is 8.21.